The molecule has 1 heterocycles. The van der Waals surface area contributed by atoms with E-state index in [1.54, 1.807) is 31.4 Å². The lowest BCUT2D eigenvalue weighted by Crippen LogP contribution is -1.97. The van der Waals surface area contributed by atoms with Crippen molar-refractivity contribution in [3.8, 4) is 11.4 Å². The number of rotatable bonds is 3. The third-order valence-electron chi connectivity index (χ3n) is 2.16. The quantitative estimate of drug-likeness (QED) is 0.795. The Labute approximate surface area is 120 Å². The Hall–Kier alpha value is -0.870. The third-order valence-corrected chi connectivity index (χ3v) is 2.79. The van der Waals surface area contributed by atoms with Crippen molar-refractivity contribution in [3.05, 3.63) is 45.2 Å². The lowest BCUT2D eigenvalue weighted by molar-refractivity contribution is 0.181. The van der Waals surface area contributed by atoms with Gasteiger partial charge < -0.3 is 4.74 Å². The van der Waals surface area contributed by atoms with Crippen LogP contribution >= 0.6 is 34.8 Å². The Bertz CT molecular complexity index is 555. The molecule has 1 aromatic carbocycles. The molecule has 0 radical (unpaired) electrons. The molecule has 2 aromatic rings. The molecule has 0 aliphatic heterocycles. The van der Waals surface area contributed by atoms with Crippen molar-refractivity contribution in [1.82, 2.24) is 9.97 Å². The first-order chi connectivity index (χ1) is 8.58. The molecule has 0 aliphatic carbocycles. The summed E-state index contributed by atoms with van der Waals surface area (Å²) in [6.07, 6.45) is 0. The summed E-state index contributed by atoms with van der Waals surface area (Å²) < 4.78 is 5.02. The van der Waals surface area contributed by atoms with Crippen molar-refractivity contribution in [2.24, 2.45) is 0 Å². The number of halogens is 3. The maximum Gasteiger partial charge on any atom is 0.161 e. The first-order valence-corrected chi connectivity index (χ1v) is 6.21. The summed E-state index contributed by atoms with van der Waals surface area (Å²) in [6, 6.07) is 6.76. The predicted molar refractivity (Wildman–Crippen MR) is 73.2 cm³/mol. The highest BCUT2D eigenvalue weighted by molar-refractivity contribution is 6.35. The molecule has 0 bridgehead atoms. The second-order valence-electron chi connectivity index (χ2n) is 3.60. The number of nitrogens with zero attached hydrogens (tertiary/aromatic N) is 2. The molecule has 18 heavy (non-hydrogen) atoms. The van der Waals surface area contributed by atoms with E-state index >= 15 is 0 Å². The summed E-state index contributed by atoms with van der Waals surface area (Å²) in [5, 5.41) is 1.40. The van der Waals surface area contributed by atoms with Gasteiger partial charge in [0, 0.05) is 22.7 Å². The van der Waals surface area contributed by atoms with Crippen LogP contribution in [0, 0.1) is 0 Å². The van der Waals surface area contributed by atoms with E-state index in [1.165, 1.54) is 0 Å². The lowest BCUT2D eigenvalue weighted by Gasteiger charge is -2.05. The van der Waals surface area contributed by atoms with Crippen LogP contribution in [0.25, 0.3) is 11.4 Å². The lowest BCUT2D eigenvalue weighted by atomic mass is 10.2. The van der Waals surface area contributed by atoms with Gasteiger partial charge in [0.1, 0.15) is 5.15 Å². The molecule has 0 atom stereocenters. The molecule has 0 saturated carbocycles. The molecule has 0 unspecified atom stereocenters. The van der Waals surface area contributed by atoms with E-state index in [-0.39, 0.29) is 0 Å². The van der Waals surface area contributed by atoms with Crippen molar-refractivity contribution in [2.45, 2.75) is 6.61 Å². The fourth-order valence-corrected chi connectivity index (χ4v) is 2.23. The van der Waals surface area contributed by atoms with Crippen molar-refractivity contribution >= 4 is 34.8 Å². The van der Waals surface area contributed by atoms with E-state index < -0.39 is 0 Å². The summed E-state index contributed by atoms with van der Waals surface area (Å²) in [7, 11) is 1.59. The van der Waals surface area contributed by atoms with Crippen LogP contribution in [0.2, 0.25) is 15.2 Å². The van der Waals surface area contributed by atoms with Gasteiger partial charge in [0.2, 0.25) is 0 Å². The van der Waals surface area contributed by atoms with Crippen molar-refractivity contribution in [1.29, 1.82) is 0 Å². The van der Waals surface area contributed by atoms with Gasteiger partial charge in [0.15, 0.2) is 5.82 Å². The number of methoxy groups -OCH3 is 1. The van der Waals surface area contributed by atoms with E-state index in [4.69, 9.17) is 39.5 Å². The van der Waals surface area contributed by atoms with Gasteiger partial charge in [-0.25, -0.2) is 9.97 Å². The molecule has 0 fully saturated rings. The minimum atomic E-state index is 0.350. The van der Waals surface area contributed by atoms with Crippen molar-refractivity contribution in [3.63, 3.8) is 0 Å². The zero-order valence-corrected chi connectivity index (χ0v) is 11.7. The van der Waals surface area contributed by atoms with Gasteiger partial charge in [-0.2, -0.15) is 0 Å². The highest BCUT2D eigenvalue weighted by Gasteiger charge is 2.08. The van der Waals surface area contributed by atoms with Crippen LogP contribution in [-0.4, -0.2) is 17.1 Å². The SMILES string of the molecule is COCc1cc(Cl)nc(-c2cc(Cl)cc(Cl)c2)n1. The van der Waals surface area contributed by atoms with Gasteiger partial charge in [0.25, 0.3) is 0 Å². The predicted octanol–water partition coefficient (Wildman–Crippen LogP) is 4.25. The molecule has 2 rings (SSSR count). The van der Waals surface area contributed by atoms with Crippen LogP contribution in [0.4, 0.5) is 0 Å². The molecule has 0 spiro atoms. The third kappa shape index (κ3) is 3.33. The summed E-state index contributed by atoms with van der Waals surface area (Å²) in [5.74, 6) is 0.471. The molecule has 0 N–H and O–H groups in total. The highest BCUT2D eigenvalue weighted by Crippen LogP contribution is 2.26. The molecule has 6 heteroatoms. The van der Waals surface area contributed by atoms with Gasteiger partial charge in [0.05, 0.1) is 12.3 Å². The van der Waals surface area contributed by atoms with Crippen LogP contribution in [0.1, 0.15) is 5.69 Å². The average molecular weight is 304 g/mol. The fraction of sp³-hybridized carbons (Fsp3) is 0.167. The summed E-state index contributed by atoms with van der Waals surface area (Å²) in [4.78, 5) is 8.49. The van der Waals surface area contributed by atoms with Crippen molar-refractivity contribution < 1.29 is 4.74 Å². The molecule has 3 nitrogen and oxygen atoms in total. The second-order valence-corrected chi connectivity index (χ2v) is 4.86. The van der Waals surface area contributed by atoms with Crippen LogP contribution in [-0.2, 0) is 11.3 Å². The zero-order valence-electron chi connectivity index (χ0n) is 9.45. The first kappa shape index (κ1) is 13.6. The Balaban J connectivity index is 2.49. The average Bonchev–Trinajstić information content (AvgIpc) is 2.27. The van der Waals surface area contributed by atoms with Gasteiger partial charge in [-0.1, -0.05) is 34.8 Å². The zero-order chi connectivity index (χ0) is 13.1. The Morgan fingerprint density at radius 2 is 1.67 bits per heavy atom. The minimum Gasteiger partial charge on any atom is -0.378 e. The number of aromatic nitrogens is 2. The Morgan fingerprint density at radius 3 is 2.28 bits per heavy atom. The standard InChI is InChI=1S/C12H9Cl3N2O/c1-18-6-10-5-11(15)17-12(16-10)7-2-8(13)4-9(14)3-7/h2-5H,6H2,1H3. The van der Waals surface area contributed by atoms with E-state index in [9.17, 15) is 0 Å². The second kappa shape index (κ2) is 5.85. The molecule has 0 saturated heterocycles. The van der Waals surface area contributed by atoms with Gasteiger partial charge in [-0.3, -0.25) is 0 Å². The van der Waals surface area contributed by atoms with E-state index in [1.807, 2.05) is 0 Å². The maximum absolute atomic E-state index is 5.94. The summed E-state index contributed by atoms with van der Waals surface area (Å²) in [5.41, 5.74) is 1.41. The summed E-state index contributed by atoms with van der Waals surface area (Å²) in [6.45, 7) is 0.365. The molecule has 0 amide bonds. The van der Waals surface area contributed by atoms with Crippen LogP contribution in [0.3, 0.4) is 0 Å². The first-order valence-electron chi connectivity index (χ1n) is 5.07. The monoisotopic (exact) mass is 302 g/mol. The van der Waals surface area contributed by atoms with Gasteiger partial charge in [-0.05, 0) is 24.3 Å². The number of hydrogen-bond donors (Lipinski definition) is 0. The van der Waals surface area contributed by atoms with E-state index in [2.05, 4.69) is 9.97 Å². The molecule has 0 aliphatic rings. The van der Waals surface area contributed by atoms with E-state index in [0.29, 0.717) is 38.9 Å². The minimum absolute atomic E-state index is 0.350. The van der Waals surface area contributed by atoms with Crippen LogP contribution < -0.4 is 0 Å². The van der Waals surface area contributed by atoms with Crippen LogP contribution in [0.15, 0.2) is 24.3 Å². The number of ether oxygens (including phenoxy) is 1. The molecule has 1 aromatic heterocycles. The molecule has 94 valence electrons. The Morgan fingerprint density at radius 1 is 1.00 bits per heavy atom. The van der Waals surface area contributed by atoms with Gasteiger partial charge >= 0.3 is 0 Å². The normalized spacial score (nSPS) is 10.7. The topological polar surface area (TPSA) is 35.0 Å². The van der Waals surface area contributed by atoms with Crippen molar-refractivity contribution in [2.75, 3.05) is 7.11 Å². The molecular weight excluding hydrogens is 295 g/mol. The number of hydrogen-bond acceptors (Lipinski definition) is 3. The Kier molecular flexibility index (Phi) is 4.40. The van der Waals surface area contributed by atoms with Crippen LogP contribution in [0.5, 0.6) is 0 Å². The smallest absolute Gasteiger partial charge is 0.161 e. The maximum atomic E-state index is 5.94. The fourth-order valence-electron chi connectivity index (χ4n) is 1.50. The largest absolute Gasteiger partial charge is 0.378 e. The molecular formula is C12H9Cl3N2O. The summed E-state index contributed by atoms with van der Waals surface area (Å²) >= 11 is 17.8. The highest BCUT2D eigenvalue weighted by atomic mass is 35.5. The number of benzene rings is 1. The van der Waals surface area contributed by atoms with Gasteiger partial charge in [-0.15, -0.1) is 0 Å². The van der Waals surface area contributed by atoms with E-state index in [0.717, 1.165) is 0 Å².